The fourth-order valence-corrected chi connectivity index (χ4v) is 4.21. The minimum absolute atomic E-state index is 0.266. The largest absolute Gasteiger partial charge is 0.292 e. The van der Waals surface area contributed by atoms with Crippen LogP contribution in [0, 0.1) is 0 Å². The average Bonchev–Trinajstić information content (AvgIpc) is 2.54. The molecule has 0 spiro atoms. The maximum Gasteiger partial charge on any atom is 0.188 e. The van der Waals surface area contributed by atoms with Crippen molar-refractivity contribution in [3.8, 4) is 0 Å². The Balaban J connectivity index is 2.67. The van der Waals surface area contributed by atoms with Gasteiger partial charge in [-0.25, -0.2) is 8.42 Å². The summed E-state index contributed by atoms with van der Waals surface area (Å²) in [5.41, 5.74) is 0.807. The molecule has 2 rings (SSSR count). The van der Waals surface area contributed by atoms with Crippen LogP contribution < -0.4 is 0 Å². The van der Waals surface area contributed by atoms with E-state index in [2.05, 4.69) is 22.5 Å². The Hall–Kier alpha value is -1.72. The van der Waals surface area contributed by atoms with Crippen molar-refractivity contribution in [2.45, 2.75) is 11.7 Å². The monoisotopic (exact) mass is 392 g/mol. The lowest BCUT2D eigenvalue weighted by Gasteiger charge is -2.28. The molecule has 1 unspecified atom stereocenters. The maximum atomic E-state index is 13.0. The van der Waals surface area contributed by atoms with Gasteiger partial charge in [-0.05, 0) is 24.6 Å². The third kappa shape index (κ3) is 3.31. The van der Waals surface area contributed by atoms with Crippen LogP contribution >= 0.6 is 15.9 Å². The summed E-state index contributed by atoms with van der Waals surface area (Å²) in [6.07, 6.45) is 1.31. The number of hydrogen-bond acceptors (Lipinski definition) is 3. The first-order chi connectivity index (χ1) is 10.8. The SMILES string of the molecule is C=CCS(=O)(=O)C(C)(C(=O)c1ccccc1)c1ccc(Br)cc1. The van der Waals surface area contributed by atoms with Crippen LogP contribution in [0.4, 0.5) is 0 Å². The molecule has 0 aliphatic heterocycles. The van der Waals surface area contributed by atoms with E-state index in [0.29, 0.717) is 11.1 Å². The van der Waals surface area contributed by atoms with Crippen LogP contribution in [0.3, 0.4) is 0 Å². The van der Waals surface area contributed by atoms with Crippen LogP contribution in [-0.2, 0) is 14.6 Å². The number of halogens is 1. The topological polar surface area (TPSA) is 51.2 Å². The Bertz CT molecular complexity index is 811. The van der Waals surface area contributed by atoms with Gasteiger partial charge >= 0.3 is 0 Å². The molecular weight excluding hydrogens is 376 g/mol. The van der Waals surface area contributed by atoms with Gasteiger partial charge in [0.25, 0.3) is 0 Å². The summed E-state index contributed by atoms with van der Waals surface area (Å²) in [6.45, 7) is 4.96. The normalized spacial score (nSPS) is 14.0. The molecule has 0 aromatic heterocycles. The Morgan fingerprint density at radius 1 is 1.13 bits per heavy atom. The highest BCUT2D eigenvalue weighted by atomic mass is 79.9. The highest BCUT2D eigenvalue weighted by molar-refractivity contribution is 9.10. The second-order valence-electron chi connectivity index (χ2n) is 5.31. The molecule has 0 saturated heterocycles. The number of ketones is 1. The second-order valence-corrected chi connectivity index (χ2v) is 8.60. The van der Waals surface area contributed by atoms with Crippen molar-refractivity contribution in [3.05, 3.63) is 82.9 Å². The molecule has 1 atom stereocenters. The van der Waals surface area contributed by atoms with Crippen LogP contribution in [0.15, 0.2) is 71.7 Å². The van der Waals surface area contributed by atoms with Gasteiger partial charge in [-0.1, -0.05) is 64.5 Å². The molecule has 2 aromatic carbocycles. The third-order valence-corrected chi connectivity index (χ3v) is 6.69. The standard InChI is InChI=1S/C18H17BrO3S/c1-3-13-23(21,22)18(2,15-9-11-16(19)12-10-15)17(20)14-7-5-4-6-8-14/h3-12H,1,13H2,2H3. The number of hydrogen-bond donors (Lipinski definition) is 0. The molecule has 2 aromatic rings. The summed E-state index contributed by atoms with van der Waals surface area (Å²) in [5.74, 6) is -0.708. The number of rotatable bonds is 6. The van der Waals surface area contributed by atoms with E-state index in [0.717, 1.165) is 4.47 Å². The fraction of sp³-hybridized carbons (Fsp3) is 0.167. The van der Waals surface area contributed by atoms with E-state index < -0.39 is 20.4 Å². The first-order valence-corrected chi connectivity index (χ1v) is 9.46. The molecule has 0 saturated carbocycles. The summed E-state index contributed by atoms with van der Waals surface area (Å²) in [5, 5.41) is 0. The molecule has 0 N–H and O–H groups in total. The van der Waals surface area contributed by atoms with Crippen LogP contribution in [0.2, 0.25) is 0 Å². The molecule has 0 aliphatic rings. The molecule has 0 radical (unpaired) electrons. The molecule has 0 heterocycles. The van der Waals surface area contributed by atoms with Crippen molar-refractivity contribution in [1.82, 2.24) is 0 Å². The van der Waals surface area contributed by atoms with E-state index in [1.54, 1.807) is 54.6 Å². The predicted molar refractivity (Wildman–Crippen MR) is 96.3 cm³/mol. The molecule has 0 bridgehead atoms. The molecule has 0 amide bonds. The van der Waals surface area contributed by atoms with E-state index in [9.17, 15) is 13.2 Å². The summed E-state index contributed by atoms with van der Waals surface area (Å²) < 4.78 is 24.9. The molecule has 120 valence electrons. The van der Waals surface area contributed by atoms with E-state index in [1.807, 2.05) is 0 Å². The van der Waals surface area contributed by atoms with E-state index in [1.165, 1.54) is 13.0 Å². The molecular formula is C18H17BrO3S. The zero-order valence-electron chi connectivity index (χ0n) is 12.7. The van der Waals surface area contributed by atoms with Gasteiger partial charge in [-0.15, -0.1) is 6.58 Å². The molecule has 0 fully saturated rings. The highest BCUT2D eigenvalue weighted by Gasteiger charge is 2.47. The summed E-state index contributed by atoms with van der Waals surface area (Å²) in [6, 6.07) is 15.3. The lowest BCUT2D eigenvalue weighted by atomic mass is 9.91. The number of carbonyl (C=O) groups excluding carboxylic acids is 1. The third-order valence-electron chi connectivity index (χ3n) is 3.82. The van der Waals surface area contributed by atoms with Crippen LogP contribution in [0.25, 0.3) is 0 Å². The van der Waals surface area contributed by atoms with Crippen molar-refractivity contribution >= 4 is 31.6 Å². The average molecular weight is 393 g/mol. The van der Waals surface area contributed by atoms with E-state index >= 15 is 0 Å². The first-order valence-electron chi connectivity index (χ1n) is 7.02. The Kier molecular flexibility index (Phi) is 5.22. The molecule has 5 heteroatoms. The van der Waals surface area contributed by atoms with Crippen molar-refractivity contribution < 1.29 is 13.2 Å². The Labute approximate surface area is 145 Å². The van der Waals surface area contributed by atoms with Gasteiger partial charge in [-0.2, -0.15) is 0 Å². The first kappa shape index (κ1) is 17.6. The minimum Gasteiger partial charge on any atom is -0.292 e. The lowest BCUT2D eigenvalue weighted by molar-refractivity contribution is 0.0945. The van der Waals surface area contributed by atoms with Gasteiger partial charge in [0.1, 0.15) is 0 Å². The fourth-order valence-electron chi connectivity index (χ4n) is 2.41. The highest BCUT2D eigenvalue weighted by Crippen LogP contribution is 2.35. The zero-order chi connectivity index (χ0) is 17.1. The minimum atomic E-state index is -3.77. The Morgan fingerprint density at radius 2 is 1.70 bits per heavy atom. The van der Waals surface area contributed by atoms with E-state index in [4.69, 9.17) is 0 Å². The van der Waals surface area contributed by atoms with Crippen molar-refractivity contribution in [2.75, 3.05) is 5.75 Å². The number of benzene rings is 2. The predicted octanol–water partition coefficient (Wildman–Crippen LogP) is 4.15. The van der Waals surface area contributed by atoms with E-state index in [-0.39, 0.29) is 5.75 Å². The number of Topliss-reactive ketones (excluding diaryl/α,β-unsaturated/α-hetero) is 1. The van der Waals surface area contributed by atoms with Crippen LogP contribution in [0.1, 0.15) is 22.8 Å². The van der Waals surface area contributed by atoms with Crippen molar-refractivity contribution in [3.63, 3.8) is 0 Å². The molecule has 0 aliphatic carbocycles. The summed E-state index contributed by atoms with van der Waals surface area (Å²) in [7, 11) is -3.77. The van der Waals surface area contributed by atoms with Gasteiger partial charge in [0.05, 0.1) is 5.75 Å². The van der Waals surface area contributed by atoms with Gasteiger partial charge in [0.15, 0.2) is 20.4 Å². The zero-order valence-corrected chi connectivity index (χ0v) is 15.1. The molecule has 23 heavy (non-hydrogen) atoms. The summed E-state index contributed by atoms with van der Waals surface area (Å²) >= 11 is 3.32. The van der Waals surface area contributed by atoms with Gasteiger partial charge < -0.3 is 0 Å². The van der Waals surface area contributed by atoms with Crippen molar-refractivity contribution in [1.29, 1.82) is 0 Å². The van der Waals surface area contributed by atoms with Crippen LogP contribution in [-0.4, -0.2) is 20.0 Å². The lowest BCUT2D eigenvalue weighted by Crippen LogP contribution is -2.42. The second kappa shape index (κ2) is 6.81. The van der Waals surface area contributed by atoms with Gasteiger partial charge in [-0.3, -0.25) is 4.79 Å². The molecule has 3 nitrogen and oxygen atoms in total. The Morgan fingerprint density at radius 3 is 2.22 bits per heavy atom. The number of carbonyl (C=O) groups is 1. The van der Waals surface area contributed by atoms with Crippen LogP contribution in [0.5, 0.6) is 0 Å². The summed E-state index contributed by atoms with van der Waals surface area (Å²) in [4.78, 5) is 13.0. The quantitative estimate of drug-likeness (QED) is 0.547. The number of sulfone groups is 1. The van der Waals surface area contributed by atoms with Gasteiger partial charge in [0.2, 0.25) is 0 Å². The van der Waals surface area contributed by atoms with Crippen molar-refractivity contribution in [2.24, 2.45) is 0 Å². The van der Waals surface area contributed by atoms with Gasteiger partial charge in [0, 0.05) is 10.0 Å². The maximum absolute atomic E-state index is 13.0. The smallest absolute Gasteiger partial charge is 0.188 e.